The van der Waals surface area contributed by atoms with Gasteiger partial charge >= 0.3 is 0 Å². The van der Waals surface area contributed by atoms with Crippen LogP contribution in [0.4, 0.5) is 17.1 Å². The van der Waals surface area contributed by atoms with Gasteiger partial charge in [0.1, 0.15) is 0 Å². The molecule has 0 aliphatic heterocycles. The fourth-order valence-corrected chi connectivity index (χ4v) is 1.98. The van der Waals surface area contributed by atoms with E-state index < -0.39 is 0 Å². The molecule has 0 saturated heterocycles. The van der Waals surface area contributed by atoms with Crippen LogP contribution in [0.3, 0.4) is 0 Å². The van der Waals surface area contributed by atoms with Gasteiger partial charge in [-0.1, -0.05) is 12.1 Å². The number of nitriles is 1. The van der Waals surface area contributed by atoms with E-state index in [2.05, 4.69) is 34.0 Å². The SMILES string of the molecule is N#Cc1ccc(Nc2ccccc2I)c(N)c1. The first-order chi connectivity index (χ1) is 8.20. The van der Waals surface area contributed by atoms with Crippen LogP contribution in [0.15, 0.2) is 42.5 Å². The first-order valence-electron chi connectivity index (χ1n) is 5.02. The monoisotopic (exact) mass is 335 g/mol. The molecule has 3 nitrogen and oxygen atoms in total. The van der Waals surface area contributed by atoms with E-state index in [0.717, 1.165) is 14.9 Å². The van der Waals surface area contributed by atoms with Crippen LogP contribution in [0.25, 0.3) is 0 Å². The van der Waals surface area contributed by atoms with Gasteiger partial charge in [0.25, 0.3) is 0 Å². The van der Waals surface area contributed by atoms with E-state index in [9.17, 15) is 0 Å². The Kier molecular flexibility index (Phi) is 3.49. The van der Waals surface area contributed by atoms with Gasteiger partial charge in [-0.3, -0.25) is 0 Å². The van der Waals surface area contributed by atoms with Crippen molar-refractivity contribution in [3.63, 3.8) is 0 Å². The number of nitrogens with zero attached hydrogens (tertiary/aromatic N) is 1. The Morgan fingerprint density at radius 1 is 1.12 bits per heavy atom. The zero-order chi connectivity index (χ0) is 12.3. The van der Waals surface area contributed by atoms with Crippen molar-refractivity contribution in [2.45, 2.75) is 0 Å². The number of rotatable bonds is 2. The molecule has 0 unspecified atom stereocenters. The summed E-state index contributed by atoms with van der Waals surface area (Å²) in [5.41, 5.74) is 8.83. The van der Waals surface area contributed by atoms with E-state index >= 15 is 0 Å². The Morgan fingerprint density at radius 3 is 2.53 bits per heavy atom. The molecule has 2 aromatic rings. The molecular weight excluding hydrogens is 325 g/mol. The van der Waals surface area contributed by atoms with Crippen LogP contribution >= 0.6 is 22.6 Å². The number of hydrogen-bond acceptors (Lipinski definition) is 3. The van der Waals surface area contributed by atoms with Gasteiger partial charge in [0, 0.05) is 3.57 Å². The Morgan fingerprint density at radius 2 is 1.88 bits per heavy atom. The summed E-state index contributed by atoms with van der Waals surface area (Å²) in [6, 6.07) is 15.2. The molecule has 0 fully saturated rings. The molecule has 2 rings (SSSR count). The lowest BCUT2D eigenvalue weighted by Gasteiger charge is -2.10. The fraction of sp³-hybridized carbons (Fsp3) is 0. The van der Waals surface area contributed by atoms with Crippen LogP contribution in [0.2, 0.25) is 0 Å². The largest absolute Gasteiger partial charge is 0.397 e. The lowest BCUT2D eigenvalue weighted by Crippen LogP contribution is -1.98. The molecule has 4 heteroatoms. The van der Waals surface area contributed by atoms with Gasteiger partial charge in [-0.15, -0.1) is 0 Å². The van der Waals surface area contributed by atoms with E-state index in [1.165, 1.54) is 0 Å². The first-order valence-corrected chi connectivity index (χ1v) is 6.10. The molecule has 0 aromatic heterocycles. The zero-order valence-electron chi connectivity index (χ0n) is 8.94. The van der Waals surface area contributed by atoms with E-state index in [-0.39, 0.29) is 0 Å². The zero-order valence-corrected chi connectivity index (χ0v) is 11.1. The molecule has 0 aliphatic carbocycles. The highest BCUT2D eigenvalue weighted by atomic mass is 127. The maximum absolute atomic E-state index is 8.76. The molecular formula is C13H10IN3. The van der Waals surface area contributed by atoms with Crippen molar-refractivity contribution in [1.29, 1.82) is 5.26 Å². The molecule has 0 radical (unpaired) electrons. The summed E-state index contributed by atoms with van der Waals surface area (Å²) in [6.45, 7) is 0. The summed E-state index contributed by atoms with van der Waals surface area (Å²) in [6.07, 6.45) is 0. The Labute approximate surface area is 113 Å². The van der Waals surface area contributed by atoms with E-state index in [0.29, 0.717) is 11.3 Å². The molecule has 0 atom stereocenters. The first kappa shape index (κ1) is 11.7. The normalized spacial score (nSPS) is 9.65. The quantitative estimate of drug-likeness (QED) is 0.652. The number of nitrogen functional groups attached to an aromatic ring is 1. The third-order valence-corrected chi connectivity index (χ3v) is 3.26. The molecule has 84 valence electrons. The van der Waals surface area contributed by atoms with Crippen LogP contribution in [0, 0.1) is 14.9 Å². The van der Waals surface area contributed by atoms with Crippen molar-refractivity contribution in [2.75, 3.05) is 11.1 Å². The van der Waals surface area contributed by atoms with Crippen LogP contribution in [0.1, 0.15) is 5.56 Å². The summed E-state index contributed by atoms with van der Waals surface area (Å²) in [7, 11) is 0. The number of anilines is 3. The van der Waals surface area contributed by atoms with Crippen molar-refractivity contribution >= 4 is 39.7 Å². The van der Waals surface area contributed by atoms with Crippen LogP contribution in [-0.4, -0.2) is 0 Å². The summed E-state index contributed by atoms with van der Waals surface area (Å²) in [4.78, 5) is 0. The summed E-state index contributed by atoms with van der Waals surface area (Å²) < 4.78 is 1.12. The van der Waals surface area contributed by atoms with Gasteiger partial charge in [0.15, 0.2) is 0 Å². The van der Waals surface area contributed by atoms with Crippen molar-refractivity contribution in [1.82, 2.24) is 0 Å². The standard InChI is InChI=1S/C13H10IN3/c14-10-3-1-2-4-12(10)17-13-6-5-9(8-15)7-11(13)16/h1-7,17H,16H2. The molecule has 3 N–H and O–H groups in total. The van der Waals surface area contributed by atoms with Gasteiger partial charge < -0.3 is 11.1 Å². The molecule has 17 heavy (non-hydrogen) atoms. The predicted octanol–water partition coefficient (Wildman–Crippen LogP) is 3.49. The lowest BCUT2D eigenvalue weighted by atomic mass is 10.2. The van der Waals surface area contributed by atoms with E-state index in [4.69, 9.17) is 11.0 Å². The average Bonchev–Trinajstić information content (AvgIpc) is 2.34. The van der Waals surface area contributed by atoms with E-state index in [1.54, 1.807) is 12.1 Å². The van der Waals surface area contributed by atoms with Crippen molar-refractivity contribution in [3.8, 4) is 6.07 Å². The van der Waals surface area contributed by atoms with Crippen molar-refractivity contribution in [3.05, 3.63) is 51.6 Å². The molecule has 0 saturated carbocycles. The highest BCUT2D eigenvalue weighted by molar-refractivity contribution is 14.1. The van der Waals surface area contributed by atoms with E-state index in [1.807, 2.05) is 30.3 Å². The average molecular weight is 335 g/mol. The van der Waals surface area contributed by atoms with Crippen LogP contribution < -0.4 is 11.1 Å². The van der Waals surface area contributed by atoms with Gasteiger partial charge in [-0.25, -0.2) is 0 Å². The number of para-hydroxylation sites is 1. The second-order valence-electron chi connectivity index (χ2n) is 3.52. The van der Waals surface area contributed by atoms with Gasteiger partial charge in [-0.2, -0.15) is 5.26 Å². The van der Waals surface area contributed by atoms with Crippen molar-refractivity contribution in [2.24, 2.45) is 0 Å². The van der Waals surface area contributed by atoms with Gasteiger partial charge in [0.2, 0.25) is 0 Å². The molecule has 0 spiro atoms. The smallest absolute Gasteiger partial charge is 0.0992 e. The lowest BCUT2D eigenvalue weighted by molar-refractivity contribution is 1.47. The number of nitrogens with two attached hydrogens (primary N) is 1. The number of halogens is 1. The summed E-state index contributed by atoms with van der Waals surface area (Å²) in [5.74, 6) is 0. The number of nitrogens with one attached hydrogen (secondary N) is 1. The van der Waals surface area contributed by atoms with Crippen LogP contribution in [0.5, 0.6) is 0 Å². The van der Waals surface area contributed by atoms with Gasteiger partial charge in [-0.05, 0) is 52.9 Å². The number of benzene rings is 2. The van der Waals surface area contributed by atoms with Gasteiger partial charge in [0.05, 0.1) is 28.7 Å². The molecule has 0 aliphatic rings. The maximum atomic E-state index is 8.76. The number of hydrogen-bond donors (Lipinski definition) is 2. The molecule has 0 amide bonds. The predicted molar refractivity (Wildman–Crippen MR) is 78.0 cm³/mol. The summed E-state index contributed by atoms with van der Waals surface area (Å²) >= 11 is 2.26. The van der Waals surface area contributed by atoms with Crippen LogP contribution in [-0.2, 0) is 0 Å². The summed E-state index contributed by atoms with van der Waals surface area (Å²) in [5, 5.41) is 12.0. The maximum Gasteiger partial charge on any atom is 0.0992 e. The molecule has 0 heterocycles. The fourth-order valence-electron chi connectivity index (χ4n) is 1.45. The van der Waals surface area contributed by atoms with Crippen molar-refractivity contribution < 1.29 is 0 Å². The minimum absolute atomic E-state index is 0.566. The highest BCUT2D eigenvalue weighted by Crippen LogP contribution is 2.26. The molecule has 0 bridgehead atoms. The Bertz CT molecular complexity index is 587. The third-order valence-electron chi connectivity index (χ3n) is 2.32. The minimum Gasteiger partial charge on any atom is -0.397 e. The third kappa shape index (κ3) is 2.68. The minimum atomic E-state index is 0.566. The second kappa shape index (κ2) is 5.06. The topological polar surface area (TPSA) is 61.8 Å². The molecule has 2 aromatic carbocycles. The Hall–Kier alpha value is -1.74. The highest BCUT2D eigenvalue weighted by Gasteiger charge is 2.03. The second-order valence-corrected chi connectivity index (χ2v) is 4.68. The Balaban J connectivity index is 2.32.